The Bertz CT molecular complexity index is 1080. The van der Waals surface area contributed by atoms with Crippen molar-refractivity contribution < 1.29 is 31.1 Å². The second kappa shape index (κ2) is 7.70. The average Bonchev–Trinajstić information content (AvgIpc) is 3.14. The molecule has 0 amide bonds. The third-order valence-electron chi connectivity index (χ3n) is 4.24. The van der Waals surface area contributed by atoms with Crippen LogP contribution in [0.5, 0.6) is 5.75 Å². The summed E-state index contributed by atoms with van der Waals surface area (Å²) in [6.45, 7) is 1.09. The van der Waals surface area contributed by atoms with Gasteiger partial charge in [0.1, 0.15) is 24.1 Å². The normalized spacial score (nSPS) is 11.9. The first kappa shape index (κ1) is 21.2. The van der Waals surface area contributed by atoms with Gasteiger partial charge in [-0.3, -0.25) is 0 Å². The molecule has 0 saturated heterocycles. The fraction of sp³-hybridized carbons (Fsp3) is 0.211. The number of nitrogens with zero attached hydrogens (tertiary/aromatic N) is 3. The second-order valence-electron chi connectivity index (χ2n) is 6.28. The molecule has 1 aromatic heterocycles. The summed E-state index contributed by atoms with van der Waals surface area (Å²) < 4.78 is 83.5. The first-order chi connectivity index (χ1) is 14.0. The standard InChI is InChI=1S/C19H12F6N4O/c1-10-14(17-15(8-26)27-29-28-17)3-2-4-16(10)30-9-11-5-12(18(20,21)22)7-13(6-11)19(23,24)25/h2-7H,9H2,1H3,(H,27,28,29). The fourth-order valence-corrected chi connectivity index (χ4v) is 2.79. The summed E-state index contributed by atoms with van der Waals surface area (Å²) in [5.74, 6) is 0.213. The molecule has 0 unspecified atom stereocenters. The maximum atomic E-state index is 13.0. The van der Waals surface area contributed by atoms with E-state index in [2.05, 4.69) is 15.4 Å². The molecule has 1 N–H and O–H groups in total. The summed E-state index contributed by atoms with van der Waals surface area (Å²) in [5, 5.41) is 18.9. The fourth-order valence-electron chi connectivity index (χ4n) is 2.79. The summed E-state index contributed by atoms with van der Waals surface area (Å²) in [6, 6.07) is 7.86. The van der Waals surface area contributed by atoms with Gasteiger partial charge in [-0.25, -0.2) is 5.10 Å². The van der Waals surface area contributed by atoms with Gasteiger partial charge in [0.05, 0.1) is 11.1 Å². The molecule has 0 fully saturated rings. The van der Waals surface area contributed by atoms with Crippen molar-refractivity contribution in [2.24, 2.45) is 0 Å². The van der Waals surface area contributed by atoms with Crippen LogP contribution in [0.4, 0.5) is 26.3 Å². The van der Waals surface area contributed by atoms with E-state index in [1.54, 1.807) is 19.1 Å². The summed E-state index contributed by atoms with van der Waals surface area (Å²) in [6.07, 6.45) is -9.88. The van der Waals surface area contributed by atoms with E-state index in [9.17, 15) is 26.3 Å². The van der Waals surface area contributed by atoms with Crippen LogP contribution < -0.4 is 4.74 Å². The van der Waals surface area contributed by atoms with Crippen molar-refractivity contribution in [3.63, 3.8) is 0 Å². The maximum Gasteiger partial charge on any atom is 0.416 e. The van der Waals surface area contributed by atoms with Gasteiger partial charge in [0, 0.05) is 11.1 Å². The minimum absolute atomic E-state index is 0.0589. The highest BCUT2D eigenvalue weighted by atomic mass is 19.4. The number of ether oxygens (including phenoxy) is 1. The smallest absolute Gasteiger partial charge is 0.416 e. The molecule has 0 spiro atoms. The first-order valence-corrected chi connectivity index (χ1v) is 8.33. The van der Waals surface area contributed by atoms with E-state index in [1.165, 1.54) is 6.07 Å². The number of nitrogens with one attached hydrogen (secondary N) is 1. The van der Waals surface area contributed by atoms with Gasteiger partial charge in [-0.15, -0.1) is 5.10 Å². The van der Waals surface area contributed by atoms with E-state index in [4.69, 9.17) is 10.00 Å². The van der Waals surface area contributed by atoms with Gasteiger partial charge in [-0.2, -0.15) is 31.6 Å². The number of rotatable bonds is 4. The third kappa shape index (κ3) is 4.37. The minimum Gasteiger partial charge on any atom is -0.489 e. The highest BCUT2D eigenvalue weighted by Gasteiger charge is 2.36. The molecular weight excluding hydrogens is 414 g/mol. The Morgan fingerprint density at radius 3 is 2.23 bits per heavy atom. The van der Waals surface area contributed by atoms with E-state index in [0.717, 1.165) is 0 Å². The van der Waals surface area contributed by atoms with E-state index >= 15 is 0 Å². The Balaban J connectivity index is 1.93. The van der Waals surface area contributed by atoms with Crippen molar-refractivity contribution in [3.05, 3.63) is 64.3 Å². The van der Waals surface area contributed by atoms with E-state index < -0.39 is 30.1 Å². The predicted octanol–water partition coefficient (Wildman–Crippen LogP) is 5.27. The van der Waals surface area contributed by atoms with Crippen LogP contribution in [-0.2, 0) is 19.0 Å². The number of hydrogen-bond donors (Lipinski definition) is 1. The Hall–Kier alpha value is -3.55. The molecule has 0 atom stereocenters. The second-order valence-corrected chi connectivity index (χ2v) is 6.28. The highest BCUT2D eigenvalue weighted by Crippen LogP contribution is 2.37. The number of aromatic amines is 1. The number of alkyl halides is 6. The van der Waals surface area contributed by atoms with Gasteiger partial charge in [0.15, 0.2) is 5.69 Å². The van der Waals surface area contributed by atoms with Crippen LogP contribution in [0.1, 0.15) is 27.9 Å². The predicted molar refractivity (Wildman–Crippen MR) is 92.0 cm³/mol. The van der Waals surface area contributed by atoms with Crippen molar-refractivity contribution >= 4 is 0 Å². The maximum absolute atomic E-state index is 13.0. The number of hydrogen-bond acceptors (Lipinski definition) is 4. The molecule has 1 heterocycles. The van der Waals surface area contributed by atoms with Crippen molar-refractivity contribution in [2.75, 3.05) is 0 Å². The molecular formula is C19H12F6N4O. The van der Waals surface area contributed by atoms with Gasteiger partial charge in [-0.05, 0) is 36.8 Å². The van der Waals surface area contributed by atoms with Crippen LogP contribution in [0.3, 0.4) is 0 Å². The molecule has 0 saturated carbocycles. The van der Waals surface area contributed by atoms with Crippen molar-refractivity contribution in [3.8, 4) is 23.1 Å². The number of nitriles is 1. The summed E-state index contributed by atoms with van der Waals surface area (Å²) >= 11 is 0. The zero-order valence-electron chi connectivity index (χ0n) is 15.2. The highest BCUT2D eigenvalue weighted by molar-refractivity contribution is 5.70. The monoisotopic (exact) mass is 426 g/mol. The van der Waals surface area contributed by atoms with E-state index in [-0.39, 0.29) is 28.8 Å². The Morgan fingerprint density at radius 1 is 1.03 bits per heavy atom. The topological polar surface area (TPSA) is 74.6 Å². The van der Waals surface area contributed by atoms with Crippen molar-refractivity contribution in [1.82, 2.24) is 15.4 Å². The Labute approximate surface area is 165 Å². The largest absolute Gasteiger partial charge is 0.489 e. The van der Waals surface area contributed by atoms with Gasteiger partial charge < -0.3 is 4.74 Å². The summed E-state index contributed by atoms with van der Waals surface area (Å²) in [4.78, 5) is 0. The van der Waals surface area contributed by atoms with Crippen LogP contribution in [0.2, 0.25) is 0 Å². The average molecular weight is 426 g/mol. The van der Waals surface area contributed by atoms with Crippen molar-refractivity contribution in [2.45, 2.75) is 25.9 Å². The Kier molecular flexibility index (Phi) is 5.43. The molecule has 156 valence electrons. The lowest BCUT2D eigenvalue weighted by Gasteiger charge is -2.16. The first-order valence-electron chi connectivity index (χ1n) is 8.33. The lowest BCUT2D eigenvalue weighted by atomic mass is 10.0. The summed E-state index contributed by atoms with van der Waals surface area (Å²) in [5.41, 5.74) is -1.79. The molecule has 5 nitrogen and oxygen atoms in total. The molecule has 30 heavy (non-hydrogen) atoms. The number of halogens is 6. The molecule has 3 aromatic rings. The summed E-state index contributed by atoms with van der Waals surface area (Å²) in [7, 11) is 0. The van der Waals surface area contributed by atoms with Gasteiger partial charge in [0.25, 0.3) is 0 Å². The molecule has 2 aromatic carbocycles. The molecule has 0 radical (unpaired) electrons. The lowest BCUT2D eigenvalue weighted by Crippen LogP contribution is -2.12. The lowest BCUT2D eigenvalue weighted by molar-refractivity contribution is -0.143. The van der Waals surface area contributed by atoms with Crippen LogP contribution in [0.15, 0.2) is 36.4 Å². The van der Waals surface area contributed by atoms with E-state index in [0.29, 0.717) is 23.3 Å². The molecule has 11 heteroatoms. The molecule has 0 bridgehead atoms. The molecule has 0 aliphatic carbocycles. The Morgan fingerprint density at radius 2 is 1.67 bits per heavy atom. The van der Waals surface area contributed by atoms with E-state index in [1.807, 2.05) is 6.07 Å². The van der Waals surface area contributed by atoms with Gasteiger partial charge >= 0.3 is 12.4 Å². The van der Waals surface area contributed by atoms with Crippen molar-refractivity contribution in [1.29, 1.82) is 5.26 Å². The number of benzene rings is 2. The minimum atomic E-state index is -4.94. The molecule has 0 aliphatic rings. The zero-order chi connectivity index (χ0) is 22.1. The van der Waals surface area contributed by atoms with Crippen LogP contribution in [0, 0.1) is 18.3 Å². The zero-order valence-corrected chi connectivity index (χ0v) is 15.2. The van der Waals surface area contributed by atoms with Gasteiger partial charge in [-0.1, -0.05) is 17.3 Å². The van der Waals surface area contributed by atoms with Crippen LogP contribution >= 0.6 is 0 Å². The number of H-pyrrole nitrogens is 1. The van der Waals surface area contributed by atoms with Gasteiger partial charge in [0.2, 0.25) is 0 Å². The third-order valence-corrected chi connectivity index (χ3v) is 4.24. The number of aromatic nitrogens is 3. The SMILES string of the molecule is Cc1c(OCc2cc(C(F)(F)F)cc(C(F)(F)F)c2)cccc1-c1nn[nH]c1C#N. The quantitative estimate of drug-likeness (QED) is 0.577. The van der Waals surface area contributed by atoms with Crippen LogP contribution in [0.25, 0.3) is 11.3 Å². The van der Waals surface area contributed by atoms with Crippen LogP contribution in [-0.4, -0.2) is 15.4 Å². The molecule has 0 aliphatic heterocycles. The molecule has 3 rings (SSSR count).